The number of unbranched alkanes of at least 4 members (excludes halogenated alkanes) is 2. The Labute approximate surface area is 103 Å². The van der Waals surface area contributed by atoms with Gasteiger partial charge in [0, 0.05) is 0 Å². The number of ether oxygens (including phenoxy) is 1. The molecule has 2 aromatic rings. The van der Waals surface area contributed by atoms with Crippen LogP contribution in [-0.4, -0.2) is 16.6 Å². The van der Waals surface area contributed by atoms with E-state index in [1.165, 1.54) is 12.8 Å². The monoisotopic (exact) mass is 256 g/mol. The lowest BCUT2D eigenvalue weighted by atomic mass is 10.3. The normalized spacial score (nSPS) is 10.9. The summed E-state index contributed by atoms with van der Waals surface area (Å²) in [6, 6.07) is 1.96. The van der Waals surface area contributed by atoms with Crippen molar-refractivity contribution in [3.05, 3.63) is 16.7 Å². The summed E-state index contributed by atoms with van der Waals surface area (Å²) >= 11 is 7.37. The molecule has 5 heteroatoms. The quantitative estimate of drug-likeness (QED) is 0.601. The molecule has 0 radical (unpaired) electrons. The Morgan fingerprint density at radius 3 is 3.06 bits per heavy atom. The van der Waals surface area contributed by atoms with Crippen LogP contribution in [0.25, 0.3) is 10.2 Å². The summed E-state index contributed by atoms with van der Waals surface area (Å²) in [5.41, 5.74) is 0. The second-order valence-corrected chi connectivity index (χ2v) is 4.73. The van der Waals surface area contributed by atoms with Crippen molar-refractivity contribution in [3.8, 4) is 5.88 Å². The molecule has 0 aliphatic carbocycles. The van der Waals surface area contributed by atoms with Crippen LogP contribution in [0.4, 0.5) is 0 Å². The van der Waals surface area contributed by atoms with Crippen LogP contribution in [0.2, 0.25) is 5.28 Å². The third-order valence-electron chi connectivity index (χ3n) is 2.25. The zero-order valence-corrected chi connectivity index (χ0v) is 10.6. The van der Waals surface area contributed by atoms with Crippen molar-refractivity contribution in [1.82, 2.24) is 9.97 Å². The number of rotatable bonds is 5. The van der Waals surface area contributed by atoms with Crippen LogP contribution < -0.4 is 4.74 Å². The molecule has 0 aliphatic heterocycles. The van der Waals surface area contributed by atoms with Crippen molar-refractivity contribution >= 4 is 33.2 Å². The molecule has 0 N–H and O–H groups in total. The average molecular weight is 257 g/mol. The van der Waals surface area contributed by atoms with Gasteiger partial charge in [0.1, 0.15) is 4.83 Å². The van der Waals surface area contributed by atoms with Gasteiger partial charge in [-0.1, -0.05) is 19.8 Å². The van der Waals surface area contributed by atoms with Crippen molar-refractivity contribution in [2.75, 3.05) is 6.61 Å². The number of thiophene rings is 1. The first kappa shape index (κ1) is 11.6. The first-order valence-electron chi connectivity index (χ1n) is 5.35. The van der Waals surface area contributed by atoms with Gasteiger partial charge in [-0.05, 0) is 29.5 Å². The Bertz CT molecular complexity index is 472. The third kappa shape index (κ3) is 2.62. The summed E-state index contributed by atoms with van der Waals surface area (Å²) in [6.07, 6.45) is 3.40. The summed E-state index contributed by atoms with van der Waals surface area (Å²) in [5, 5.41) is 3.17. The number of hydrogen-bond acceptors (Lipinski definition) is 4. The van der Waals surface area contributed by atoms with Crippen molar-refractivity contribution in [2.24, 2.45) is 0 Å². The van der Waals surface area contributed by atoms with E-state index in [9.17, 15) is 0 Å². The number of aromatic nitrogens is 2. The fourth-order valence-electron chi connectivity index (χ4n) is 1.43. The number of halogens is 1. The molecule has 0 bridgehead atoms. The average Bonchev–Trinajstić information content (AvgIpc) is 2.72. The SMILES string of the molecule is CCCCCOc1nc(Cl)nc2sccc12. The van der Waals surface area contributed by atoms with Crippen molar-refractivity contribution in [1.29, 1.82) is 0 Å². The molecule has 0 amide bonds. The van der Waals surface area contributed by atoms with E-state index in [0.29, 0.717) is 12.5 Å². The van der Waals surface area contributed by atoms with E-state index in [1.54, 1.807) is 11.3 Å². The van der Waals surface area contributed by atoms with Crippen LogP contribution in [-0.2, 0) is 0 Å². The van der Waals surface area contributed by atoms with Crippen LogP contribution in [0.15, 0.2) is 11.4 Å². The van der Waals surface area contributed by atoms with Crippen LogP contribution in [0, 0.1) is 0 Å². The summed E-state index contributed by atoms with van der Waals surface area (Å²) in [4.78, 5) is 9.12. The zero-order chi connectivity index (χ0) is 11.4. The molecule has 2 rings (SSSR count). The van der Waals surface area contributed by atoms with Gasteiger partial charge >= 0.3 is 0 Å². The molecule has 2 aromatic heterocycles. The van der Waals surface area contributed by atoms with Gasteiger partial charge in [0.15, 0.2) is 0 Å². The van der Waals surface area contributed by atoms with Gasteiger partial charge in [0.2, 0.25) is 11.2 Å². The molecule has 16 heavy (non-hydrogen) atoms. The van der Waals surface area contributed by atoms with Gasteiger partial charge in [-0.3, -0.25) is 0 Å². The summed E-state index contributed by atoms with van der Waals surface area (Å²) in [5.74, 6) is 0.604. The highest BCUT2D eigenvalue weighted by Gasteiger charge is 2.08. The zero-order valence-electron chi connectivity index (χ0n) is 9.07. The maximum Gasteiger partial charge on any atom is 0.227 e. The Morgan fingerprint density at radius 2 is 2.25 bits per heavy atom. The first-order valence-corrected chi connectivity index (χ1v) is 6.60. The lowest BCUT2D eigenvalue weighted by Gasteiger charge is -2.05. The van der Waals surface area contributed by atoms with Gasteiger partial charge in [0.25, 0.3) is 0 Å². The Morgan fingerprint density at radius 1 is 1.38 bits per heavy atom. The molecule has 0 saturated heterocycles. The minimum Gasteiger partial charge on any atom is -0.477 e. The van der Waals surface area contributed by atoms with Crippen LogP contribution >= 0.6 is 22.9 Å². The molecule has 2 heterocycles. The van der Waals surface area contributed by atoms with Gasteiger partial charge in [-0.2, -0.15) is 4.98 Å². The van der Waals surface area contributed by atoms with E-state index in [-0.39, 0.29) is 5.28 Å². The van der Waals surface area contributed by atoms with Crippen LogP contribution in [0.1, 0.15) is 26.2 Å². The Kier molecular flexibility index (Phi) is 3.96. The second kappa shape index (κ2) is 5.46. The van der Waals surface area contributed by atoms with E-state index in [0.717, 1.165) is 16.6 Å². The molecule has 86 valence electrons. The maximum atomic E-state index is 5.83. The first-order chi connectivity index (χ1) is 7.81. The molecule has 0 saturated carbocycles. The number of fused-ring (bicyclic) bond motifs is 1. The van der Waals surface area contributed by atoms with Crippen LogP contribution in [0.3, 0.4) is 0 Å². The molecule has 0 atom stereocenters. The van der Waals surface area contributed by atoms with Gasteiger partial charge in [-0.25, -0.2) is 4.98 Å². The molecular weight excluding hydrogens is 244 g/mol. The van der Waals surface area contributed by atoms with Crippen molar-refractivity contribution in [2.45, 2.75) is 26.2 Å². The molecule has 0 aromatic carbocycles. The standard InChI is InChI=1S/C11H13ClN2OS/c1-2-3-4-6-15-9-8-5-7-16-10(8)14-11(12)13-9/h5,7H,2-4,6H2,1H3. The molecule has 3 nitrogen and oxygen atoms in total. The highest BCUT2D eigenvalue weighted by atomic mass is 35.5. The van der Waals surface area contributed by atoms with E-state index in [1.807, 2.05) is 11.4 Å². The number of hydrogen-bond donors (Lipinski definition) is 0. The molecule has 0 fully saturated rings. The van der Waals surface area contributed by atoms with Crippen molar-refractivity contribution < 1.29 is 4.74 Å². The molecular formula is C11H13ClN2OS. The summed E-state index contributed by atoms with van der Waals surface area (Å²) < 4.78 is 5.63. The van der Waals surface area contributed by atoms with E-state index < -0.39 is 0 Å². The Balaban J connectivity index is 2.12. The third-order valence-corrected chi connectivity index (χ3v) is 3.23. The van der Waals surface area contributed by atoms with E-state index in [2.05, 4.69) is 16.9 Å². The second-order valence-electron chi connectivity index (χ2n) is 3.49. The minimum absolute atomic E-state index is 0.250. The van der Waals surface area contributed by atoms with Crippen LogP contribution in [0.5, 0.6) is 5.88 Å². The predicted molar refractivity (Wildman–Crippen MR) is 67.4 cm³/mol. The summed E-state index contributed by atoms with van der Waals surface area (Å²) in [7, 11) is 0. The van der Waals surface area contributed by atoms with Crippen molar-refractivity contribution in [3.63, 3.8) is 0 Å². The summed E-state index contributed by atoms with van der Waals surface area (Å²) in [6.45, 7) is 2.85. The lowest BCUT2D eigenvalue weighted by Crippen LogP contribution is -2.00. The molecule has 0 aliphatic rings. The van der Waals surface area contributed by atoms with Gasteiger partial charge < -0.3 is 4.74 Å². The van der Waals surface area contributed by atoms with Gasteiger partial charge in [-0.15, -0.1) is 11.3 Å². The highest BCUT2D eigenvalue weighted by molar-refractivity contribution is 7.16. The molecule has 0 spiro atoms. The topological polar surface area (TPSA) is 35.0 Å². The maximum absolute atomic E-state index is 5.83. The Hall–Kier alpha value is -0.870. The predicted octanol–water partition coefficient (Wildman–Crippen LogP) is 3.91. The fourth-order valence-corrected chi connectivity index (χ4v) is 2.40. The minimum atomic E-state index is 0.250. The lowest BCUT2D eigenvalue weighted by molar-refractivity contribution is 0.298. The van der Waals surface area contributed by atoms with E-state index in [4.69, 9.17) is 16.3 Å². The van der Waals surface area contributed by atoms with Gasteiger partial charge in [0.05, 0.1) is 12.0 Å². The smallest absolute Gasteiger partial charge is 0.227 e. The number of nitrogens with zero attached hydrogens (tertiary/aromatic N) is 2. The van der Waals surface area contributed by atoms with E-state index >= 15 is 0 Å². The largest absolute Gasteiger partial charge is 0.477 e. The fraction of sp³-hybridized carbons (Fsp3) is 0.455. The highest BCUT2D eigenvalue weighted by Crippen LogP contribution is 2.28. The molecule has 0 unspecified atom stereocenters.